The van der Waals surface area contributed by atoms with Crippen LogP contribution in [0.5, 0.6) is 0 Å². The van der Waals surface area contributed by atoms with E-state index in [2.05, 4.69) is 20.9 Å². The van der Waals surface area contributed by atoms with E-state index >= 15 is 0 Å². The van der Waals surface area contributed by atoms with E-state index in [1.54, 1.807) is 6.92 Å². The number of aryl methyl sites for hydroxylation is 1. The van der Waals surface area contributed by atoms with Crippen molar-refractivity contribution in [3.8, 4) is 0 Å². The van der Waals surface area contributed by atoms with E-state index in [9.17, 15) is 19.3 Å². The summed E-state index contributed by atoms with van der Waals surface area (Å²) < 4.78 is 14.5. The number of Topliss-reactive ketones (excluding diaryl/α,β-unsaturated/α-hetero) is 1. The van der Waals surface area contributed by atoms with Gasteiger partial charge in [0.05, 0.1) is 6.54 Å². The lowest BCUT2D eigenvalue weighted by molar-refractivity contribution is -0.390. The Balaban J connectivity index is 2.31. The Labute approximate surface area is 121 Å². The molecule has 1 heterocycles. The van der Waals surface area contributed by atoms with E-state index in [0.29, 0.717) is 5.82 Å². The lowest BCUT2D eigenvalue weighted by Crippen LogP contribution is -2.12. The number of nitrogens with zero attached hydrogens (tertiary/aromatic N) is 3. The van der Waals surface area contributed by atoms with Gasteiger partial charge in [-0.15, -0.1) is 0 Å². The van der Waals surface area contributed by atoms with E-state index in [0.717, 1.165) is 6.07 Å². The van der Waals surface area contributed by atoms with Crippen molar-refractivity contribution in [2.45, 2.75) is 13.5 Å². The number of aromatic nitrogens is 2. The zero-order chi connectivity index (χ0) is 14.9. The Kier molecular flexibility index (Phi) is 3.93. The summed E-state index contributed by atoms with van der Waals surface area (Å²) in [5, 5.41) is 10.8. The van der Waals surface area contributed by atoms with Crippen LogP contribution in [-0.2, 0) is 6.54 Å². The van der Waals surface area contributed by atoms with E-state index in [-0.39, 0.29) is 28.3 Å². The van der Waals surface area contributed by atoms with Crippen LogP contribution in [-0.4, -0.2) is 20.3 Å². The fourth-order valence-corrected chi connectivity index (χ4v) is 2.33. The standard InChI is InChI=1S/C12H9BrFN3O3/c1-7-15-12(17(19)20)11(13)16(7)6-10(18)8-3-2-4-9(14)5-8/h2-5H,6H2,1H3. The highest BCUT2D eigenvalue weighted by Gasteiger charge is 2.24. The molecule has 0 aliphatic carbocycles. The van der Waals surface area contributed by atoms with Gasteiger partial charge >= 0.3 is 5.82 Å². The summed E-state index contributed by atoms with van der Waals surface area (Å²) in [5.41, 5.74) is 0.202. The van der Waals surface area contributed by atoms with Gasteiger partial charge in [-0.2, -0.15) is 0 Å². The molecule has 0 N–H and O–H groups in total. The molecule has 0 fully saturated rings. The Bertz CT molecular complexity index is 699. The lowest BCUT2D eigenvalue weighted by atomic mass is 10.1. The third kappa shape index (κ3) is 2.74. The number of ketones is 1. The van der Waals surface area contributed by atoms with Gasteiger partial charge in [0.1, 0.15) is 5.82 Å². The van der Waals surface area contributed by atoms with Gasteiger partial charge in [-0.25, -0.2) is 4.39 Å². The van der Waals surface area contributed by atoms with Crippen LogP contribution >= 0.6 is 15.9 Å². The van der Waals surface area contributed by atoms with E-state index < -0.39 is 10.7 Å². The van der Waals surface area contributed by atoms with Gasteiger partial charge in [0, 0.05) is 12.5 Å². The average molecular weight is 342 g/mol. The zero-order valence-corrected chi connectivity index (χ0v) is 11.9. The SMILES string of the molecule is Cc1nc([N+](=O)[O-])c(Br)n1CC(=O)c1cccc(F)c1. The number of carbonyl (C=O) groups excluding carboxylic acids is 1. The molecule has 0 aliphatic heterocycles. The highest BCUT2D eigenvalue weighted by Crippen LogP contribution is 2.25. The summed E-state index contributed by atoms with van der Waals surface area (Å²) in [6, 6.07) is 5.28. The van der Waals surface area contributed by atoms with Crippen LogP contribution in [0.25, 0.3) is 0 Å². The lowest BCUT2D eigenvalue weighted by Gasteiger charge is -2.04. The molecule has 0 saturated heterocycles. The van der Waals surface area contributed by atoms with Crippen molar-refractivity contribution < 1.29 is 14.1 Å². The first-order valence-corrected chi connectivity index (χ1v) is 6.35. The number of carbonyl (C=O) groups is 1. The first-order valence-electron chi connectivity index (χ1n) is 5.56. The van der Waals surface area contributed by atoms with Crippen molar-refractivity contribution in [1.29, 1.82) is 0 Å². The summed E-state index contributed by atoms with van der Waals surface area (Å²) >= 11 is 3.05. The average Bonchev–Trinajstić information content (AvgIpc) is 2.67. The number of benzene rings is 1. The van der Waals surface area contributed by atoms with Gasteiger partial charge in [0.15, 0.2) is 10.4 Å². The highest BCUT2D eigenvalue weighted by molar-refractivity contribution is 9.10. The topological polar surface area (TPSA) is 78.0 Å². The second-order valence-electron chi connectivity index (χ2n) is 4.05. The zero-order valence-electron chi connectivity index (χ0n) is 10.3. The minimum absolute atomic E-state index is 0.116. The van der Waals surface area contributed by atoms with Crippen molar-refractivity contribution >= 4 is 27.5 Å². The van der Waals surface area contributed by atoms with E-state index in [1.807, 2.05) is 0 Å². The number of nitro groups is 1. The number of rotatable bonds is 4. The fourth-order valence-electron chi connectivity index (χ4n) is 1.72. The second kappa shape index (κ2) is 5.49. The third-order valence-corrected chi connectivity index (χ3v) is 3.48. The molecule has 0 unspecified atom stereocenters. The minimum Gasteiger partial charge on any atom is -0.358 e. The summed E-state index contributed by atoms with van der Waals surface area (Å²) in [6.45, 7) is 1.40. The van der Waals surface area contributed by atoms with Crippen LogP contribution in [0.4, 0.5) is 10.2 Å². The van der Waals surface area contributed by atoms with Crippen LogP contribution in [0.15, 0.2) is 28.9 Å². The maximum Gasteiger partial charge on any atom is 0.396 e. The quantitative estimate of drug-likeness (QED) is 0.486. The van der Waals surface area contributed by atoms with Crippen LogP contribution in [0.2, 0.25) is 0 Å². The summed E-state index contributed by atoms with van der Waals surface area (Å²) in [5.74, 6) is -0.897. The monoisotopic (exact) mass is 341 g/mol. The third-order valence-electron chi connectivity index (χ3n) is 2.70. The predicted molar refractivity (Wildman–Crippen MR) is 72.0 cm³/mol. The molecular formula is C12H9BrFN3O3. The molecule has 0 atom stereocenters. The van der Waals surface area contributed by atoms with Crippen LogP contribution in [0, 0.1) is 22.9 Å². The molecule has 8 heteroatoms. The number of imidazole rings is 1. The van der Waals surface area contributed by atoms with Gasteiger partial charge < -0.3 is 10.1 Å². The molecule has 0 bridgehead atoms. The summed E-state index contributed by atoms with van der Waals surface area (Å²) in [7, 11) is 0. The van der Waals surface area contributed by atoms with Gasteiger partial charge in [-0.1, -0.05) is 12.1 Å². The maximum absolute atomic E-state index is 13.1. The van der Waals surface area contributed by atoms with Crippen molar-refractivity contribution in [3.63, 3.8) is 0 Å². The van der Waals surface area contributed by atoms with Crippen LogP contribution in [0.1, 0.15) is 16.2 Å². The van der Waals surface area contributed by atoms with Gasteiger partial charge in [-0.05, 0) is 38.0 Å². The molecule has 0 radical (unpaired) electrons. The number of halogens is 2. The minimum atomic E-state index is -0.639. The molecule has 2 rings (SSSR count). The molecule has 6 nitrogen and oxygen atoms in total. The molecule has 1 aromatic heterocycles. The first kappa shape index (κ1) is 14.3. The second-order valence-corrected chi connectivity index (χ2v) is 4.80. The van der Waals surface area contributed by atoms with Gasteiger partial charge in [0.25, 0.3) is 0 Å². The summed E-state index contributed by atoms with van der Waals surface area (Å²) in [4.78, 5) is 25.9. The number of hydrogen-bond donors (Lipinski definition) is 0. The molecular weight excluding hydrogens is 333 g/mol. The molecule has 0 spiro atoms. The summed E-state index contributed by atoms with van der Waals surface area (Å²) in [6.07, 6.45) is 0. The van der Waals surface area contributed by atoms with Gasteiger partial charge in [0.2, 0.25) is 5.82 Å². The molecule has 2 aromatic rings. The molecule has 20 heavy (non-hydrogen) atoms. The molecule has 1 aromatic carbocycles. The van der Waals surface area contributed by atoms with Crippen molar-refractivity contribution in [1.82, 2.24) is 9.55 Å². The molecule has 104 valence electrons. The Morgan fingerprint density at radius 1 is 1.55 bits per heavy atom. The molecule has 0 aliphatic rings. The van der Waals surface area contributed by atoms with E-state index in [4.69, 9.17) is 0 Å². The van der Waals surface area contributed by atoms with Gasteiger partial charge in [-0.3, -0.25) is 9.36 Å². The Morgan fingerprint density at radius 3 is 2.80 bits per heavy atom. The number of hydrogen-bond acceptors (Lipinski definition) is 4. The molecule has 0 amide bonds. The van der Waals surface area contributed by atoms with Crippen molar-refractivity contribution in [2.75, 3.05) is 0 Å². The largest absolute Gasteiger partial charge is 0.396 e. The van der Waals surface area contributed by atoms with Crippen LogP contribution < -0.4 is 0 Å². The van der Waals surface area contributed by atoms with Crippen molar-refractivity contribution in [2.24, 2.45) is 0 Å². The molecule has 0 saturated carbocycles. The smallest absolute Gasteiger partial charge is 0.358 e. The van der Waals surface area contributed by atoms with E-state index in [1.165, 1.54) is 22.8 Å². The highest BCUT2D eigenvalue weighted by atomic mass is 79.9. The van der Waals surface area contributed by atoms with Crippen molar-refractivity contribution in [3.05, 3.63) is 56.2 Å². The maximum atomic E-state index is 13.1. The normalized spacial score (nSPS) is 10.6. The predicted octanol–water partition coefficient (Wildman–Crippen LogP) is 2.88. The fraction of sp³-hybridized carbons (Fsp3) is 0.167. The Morgan fingerprint density at radius 2 is 2.25 bits per heavy atom. The Hall–Kier alpha value is -2.09. The van der Waals surface area contributed by atoms with Crippen LogP contribution in [0.3, 0.4) is 0 Å². The first-order chi connectivity index (χ1) is 9.40.